The van der Waals surface area contributed by atoms with Crippen molar-refractivity contribution in [2.75, 3.05) is 43.9 Å². The number of nitrogens with zero attached hydrogens (tertiary/aromatic N) is 2. The summed E-state index contributed by atoms with van der Waals surface area (Å²) in [4.78, 5) is 4.88. The summed E-state index contributed by atoms with van der Waals surface area (Å²) in [6.45, 7) is 8.81. The maximum Gasteiger partial charge on any atom is 0.122 e. The minimum Gasteiger partial charge on any atom is -0.497 e. The quantitative estimate of drug-likeness (QED) is 0.830. The average molecular weight is 249 g/mol. The van der Waals surface area contributed by atoms with E-state index in [-0.39, 0.29) is 0 Å². The normalized spacial score (nSPS) is 21.1. The fraction of sp³-hybridized carbons (Fsp3) is 0.571. The largest absolute Gasteiger partial charge is 0.497 e. The van der Waals surface area contributed by atoms with Crippen molar-refractivity contribution in [3.8, 4) is 5.75 Å². The lowest BCUT2D eigenvalue weighted by Crippen LogP contribution is -2.51. The van der Waals surface area contributed by atoms with Gasteiger partial charge >= 0.3 is 0 Å². The number of nitrogens with two attached hydrogens (primary N) is 1. The van der Waals surface area contributed by atoms with Crippen LogP contribution in [0.5, 0.6) is 5.75 Å². The summed E-state index contributed by atoms with van der Waals surface area (Å²) < 4.78 is 5.28. The molecule has 1 aliphatic heterocycles. The monoisotopic (exact) mass is 249 g/mol. The topological polar surface area (TPSA) is 41.7 Å². The van der Waals surface area contributed by atoms with E-state index in [1.807, 2.05) is 12.1 Å². The highest BCUT2D eigenvalue weighted by Crippen LogP contribution is 2.27. The zero-order valence-electron chi connectivity index (χ0n) is 11.5. The number of nitrogen functional groups attached to an aromatic ring is 1. The zero-order chi connectivity index (χ0) is 13.1. The molecule has 1 aromatic rings. The molecule has 2 N–H and O–H groups in total. The number of anilines is 2. The van der Waals surface area contributed by atoms with Gasteiger partial charge in [-0.2, -0.15) is 0 Å². The Hall–Kier alpha value is -1.42. The van der Waals surface area contributed by atoms with Crippen molar-refractivity contribution in [3.63, 3.8) is 0 Å². The lowest BCUT2D eigenvalue weighted by Gasteiger charge is -2.40. The second kappa shape index (κ2) is 5.48. The summed E-state index contributed by atoms with van der Waals surface area (Å²) in [5, 5.41) is 0. The SMILES string of the molecule is CCN1CCN(c2cc(N)cc(OC)c2)CC1C. The number of likely N-dealkylation sites (N-methyl/N-ethyl adjacent to an activating group) is 1. The van der Waals surface area contributed by atoms with E-state index >= 15 is 0 Å². The van der Waals surface area contributed by atoms with Gasteiger partial charge in [0.25, 0.3) is 0 Å². The third-order valence-corrected chi connectivity index (χ3v) is 3.69. The first-order valence-corrected chi connectivity index (χ1v) is 6.57. The molecule has 0 aliphatic carbocycles. The lowest BCUT2D eigenvalue weighted by atomic mass is 10.1. The van der Waals surface area contributed by atoms with Gasteiger partial charge in [0, 0.05) is 49.2 Å². The van der Waals surface area contributed by atoms with Crippen LogP contribution in [0.3, 0.4) is 0 Å². The fourth-order valence-corrected chi connectivity index (χ4v) is 2.61. The van der Waals surface area contributed by atoms with Crippen LogP contribution in [0.25, 0.3) is 0 Å². The fourth-order valence-electron chi connectivity index (χ4n) is 2.61. The van der Waals surface area contributed by atoms with Gasteiger partial charge in [0.2, 0.25) is 0 Å². The van der Waals surface area contributed by atoms with Gasteiger partial charge in [-0.3, -0.25) is 4.90 Å². The maximum atomic E-state index is 5.91. The third kappa shape index (κ3) is 2.70. The lowest BCUT2D eigenvalue weighted by molar-refractivity contribution is 0.199. The number of hydrogen-bond acceptors (Lipinski definition) is 4. The van der Waals surface area contributed by atoms with Crippen molar-refractivity contribution >= 4 is 11.4 Å². The molecule has 1 heterocycles. The molecule has 0 amide bonds. The van der Waals surface area contributed by atoms with Gasteiger partial charge in [-0.15, -0.1) is 0 Å². The standard InChI is InChI=1S/C14H23N3O/c1-4-16-5-6-17(10-11(16)2)13-7-12(15)8-14(9-13)18-3/h7-9,11H,4-6,10,15H2,1-3H3. The van der Waals surface area contributed by atoms with Crippen molar-refractivity contribution < 1.29 is 4.74 Å². The number of methoxy groups -OCH3 is 1. The Bertz CT molecular complexity index is 408. The molecular weight excluding hydrogens is 226 g/mol. The highest BCUT2D eigenvalue weighted by atomic mass is 16.5. The van der Waals surface area contributed by atoms with Gasteiger partial charge < -0.3 is 15.4 Å². The molecule has 4 nitrogen and oxygen atoms in total. The maximum absolute atomic E-state index is 5.91. The molecule has 1 saturated heterocycles. The van der Waals surface area contributed by atoms with Gasteiger partial charge in [0.05, 0.1) is 7.11 Å². The van der Waals surface area contributed by atoms with Crippen LogP contribution in [0.2, 0.25) is 0 Å². The van der Waals surface area contributed by atoms with Crippen molar-refractivity contribution in [2.24, 2.45) is 0 Å². The summed E-state index contributed by atoms with van der Waals surface area (Å²) in [6, 6.07) is 6.52. The summed E-state index contributed by atoms with van der Waals surface area (Å²) in [5.74, 6) is 0.829. The summed E-state index contributed by atoms with van der Waals surface area (Å²) in [6.07, 6.45) is 0. The van der Waals surface area contributed by atoms with Crippen molar-refractivity contribution in [2.45, 2.75) is 19.9 Å². The number of hydrogen-bond donors (Lipinski definition) is 1. The second-order valence-corrected chi connectivity index (χ2v) is 4.89. The van der Waals surface area contributed by atoms with E-state index in [9.17, 15) is 0 Å². The first kappa shape index (κ1) is 13.0. The Morgan fingerprint density at radius 1 is 1.33 bits per heavy atom. The van der Waals surface area contributed by atoms with Gasteiger partial charge in [-0.1, -0.05) is 6.92 Å². The molecular formula is C14H23N3O. The van der Waals surface area contributed by atoms with Crippen LogP contribution < -0.4 is 15.4 Å². The molecule has 0 saturated carbocycles. The first-order chi connectivity index (χ1) is 8.63. The Balaban J connectivity index is 2.15. The smallest absolute Gasteiger partial charge is 0.122 e. The number of ether oxygens (including phenoxy) is 1. The van der Waals surface area contributed by atoms with E-state index in [0.29, 0.717) is 6.04 Å². The minimum absolute atomic E-state index is 0.580. The molecule has 1 aliphatic rings. The second-order valence-electron chi connectivity index (χ2n) is 4.89. The van der Waals surface area contributed by atoms with Gasteiger partial charge in [-0.25, -0.2) is 0 Å². The predicted octanol–water partition coefficient (Wildman–Crippen LogP) is 1.81. The summed E-state index contributed by atoms with van der Waals surface area (Å²) >= 11 is 0. The van der Waals surface area contributed by atoms with Crippen molar-refractivity contribution in [1.29, 1.82) is 0 Å². The van der Waals surface area contributed by atoms with Crippen molar-refractivity contribution in [3.05, 3.63) is 18.2 Å². The van der Waals surface area contributed by atoms with Crippen molar-refractivity contribution in [1.82, 2.24) is 4.90 Å². The first-order valence-electron chi connectivity index (χ1n) is 6.57. The molecule has 1 fully saturated rings. The van der Waals surface area contributed by atoms with Crippen LogP contribution in [0.15, 0.2) is 18.2 Å². The van der Waals surface area contributed by atoms with Gasteiger partial charge in [0.1, 0.15) is 5.75 Å². The van der Waals surface area contributed by atoms with E-state index in [4.69, 9.17) is 10.5 Å². The van der Waals surface area contributed by atoms with E-state index in [2.05, 4.69) is 29.7 Å². The highest BCUT2D eigenvalue weighted by molar-refractivity contribution is 5.60. The molecule has 1 unspecified atom stereocenters. The van der Waals surface area contributed by atoms with E-state index < -0.39 is 0 Å². The molecule has 0 bridgehead atoms. The van der Waals surface area contributed by atoms with Crippen LogP contribution in [-0.2, 0) is 0 Å². The van der Waals surface area contributed by atoms with Crippen LogP contribution in [0.4, 0.5) is 11.4 Å². The number of benzene rings is 1. The minimum atomic E-state index is 0.580. The average Bonchev–Trinajstić information content (AvgIpc) is 2.37. The molecule has 1 aromatic carbocycles. The van der Waals surface area contributed by atoms with Crippen LogP contribution >= 0.6 is 0 Å². The predicted molar refractivity (Wildman–Crippen MR) is 76.3 cm³/mol. The third-order valence-electron chi connectivity index (χ3n) is 3.69. The zero-order valence-corrected chi connectivity index (χ0v) is 11.5. The molecule has 18 heavy (non-hydrogen) atoms. The Kier molecular flexibility index (Phi) is 3.97. The molecule has 2 rings (SSSR count). The van der Waals surface area contributed by atoms with Crippen LogP contribution in [-0.4, -0.2) is 44.2 Å². The van der Waals surface area contributed by atoms with E-state index in [1.165, 1.54) is 0 Å². The van der Waals surface area contributed by atoms with Crippen LogP contribution in [0.1, 0.15) is 13.8 Å². The molecule has 4 heteroatoms. The summed E-state index contributed by atoms with van der Waals surface area (Å²) in [5.41, 5.74) is 7.83. The molecule has 0 radical (unpaired) electrons. The molecule has 0 aromatic heterocycles. The Labute approximate surface area is 109 Å². The molecule has 100 valence electrons. The van der Waals surface area contributed by atoms with E-state index in [1.54, 1.807) is 7.11 Å². The number of rotatable bonds is 3. The highest BCUT2D eigenvalue weighted by Gasteiger charge is 2.22. The Morgan fingerprint density at radius 2 is 2.11 bits per heavy atom. The Morgan fingerprint density at radius 3 is 2.72 bits per heavy atom. The van der Waals surface area contributed by atoms with Crippen LogP contribution in [0, 0.1) is 0 Å². The van der Waals surface area contributed by atoms with Gasteiger partial charge in [0.15, 0.2) is 0 Å². The van der Waals surface area contributed by atoms with E-state index in [0.717, 1.165) is 43.3 Å². The summed E-state index contributed by atoms with van der Waals surface area (Å²) in [7, 11) is 1.68. The molecule has 0 spiro atoms. The number of piperazine rings is 1. The van der Waals surface area contributed by atoms with Gasteiger partial charge in [-0.05, 0) is 19.5 Å². The molecule has 1 atom stereocenters.